The predicted octanol–water partition coefficient (Wildman–Crippen LogP) is 0.419. The van der Waals surface area contributed by atoms with Crippen LogP contribution in [0.4, 0.5) is 5.82 Å². The van der Waals surface area contributed by atoms with Gasteiger partial charge in [-0.2, -0.15) is 18.6 Å². The van der Waals surface area contributed by atoms with Crippen molar-refractivity contribution < 1.29 is 17.9 Å². The number of esters is 1. The van der Waals surface area contributed by atoms with Crippen LogP contribution < -0.4 is 4.72 Å². The maximum atomic E-state index is 12.2. The zero-order valence-corrected chi connectivity index (χ0v) is 11.6. The Morgan fingerprint density at radius 1 is 1.45 bits per heavy atom. The number of aromatic nitrogens is 4. The fourth-order valence-corrected chi connectivity index (χ4v) is 2.57. The molecule has 2 rings (SSSR count). The zero-order valence-electron chi connectivity index (χ0n) is 10.8. The van der Waals surface area contributed by atoms with Crippen LogP contribution in [0.5, 0.6) is 0 Å². The van der Waals surface area contributed by atoms with Crippen molar-refractivity contribution in [3.63, 3.8) is 0 Å². The summed E-state index contributed by atoms with van der Waals surface area (Å²) in [6.07, 6.45) is 1.10. The van der Waals surface area contributed by atoms with Crippen LogP contribution >= 0.6 is 0 Å². The van der Waals surface area contributed by atoms with Crippen LogP contribution in [0.3, 0.4) is 0 Å². The van der Waals surface area contributed by atoms with Gasteiger partial charge >= 0.3 is 5.97 Å². The number of carbonyl (C=O) groups is 1. The number of aromatic amines is 2. The molecule has 0 aliphatic carbocycles. The highest BCUT2D eigenvalue weighted by molar-refractivity contribution is 7.92. The number of sulfonamides is 1. The molecule has 9 nitrogen and oxygen atoms in total. The van der Waals surface area contributed by atoms with Crippen molar-refractivity contribution in [1.29, 1.82) is 0 Å². The van der Waals surface area contributed by atoms with Gasteiger partial charge < -0.3 is 4.74 Å². The Hall–Kier alpha value is -2.36. The van der Waals surface area contributed by atoms with Crippen molar-refractivity contribution >= 4 is 21.8 Å². The maximum Gasteiger partial charge on any atom is 0.342 e. The lowest BCUT2D eigenvalue weighted by molar-refractivity contribution is 0.0522. The van der Waals surface area contributed by atoms with Gasteiger partial charge in [-0.1, -0.05) is 0 Å². The van der Waals surface area contributed by atoms with E-state index in [0.29, 0.717) is 5.69 Å². The molecule has 108 valence electrons. The fraction of sp³-hybridized carbons (Fsp3) is 0.300. The van der Waals surface area contributed by atoms with Crippen LogP contribution in [0, 0.1) is 6.92 Å². The van der Waals surface area contributed by atoms with E-state index in [1.165, 1.54) is 6.07 Å². The summed E-state index contributed by atoms with van der Waals surface area (Å²) in [4.78, 5) is 11.6. The smallest absolute Gasteiger partial charge is 0.342 e. The summed E-state index contributed by atoms with van der Waals surface area (Å²) in [5.74, 6) is -0.647. The first-order valence-electron chi connectivity index (χ1n) is 5.69. The van der Waals surface area contributed by atoms with Gasteiger partial charge in [0.2, 0.25) is 0 Å². The van der Waals surface area contributed by atoms with Gasteiger partial charge in [-0.25, -0.2) is 4.79 Å². The number of hydrogen-bond acceptors (Lipinski definition) is 6. The van der Waals surface area contributed by atoms with Gasteiger partial charge in [-0.15, -0.1) is 0 Å². The van der Waals surface area contributed by atoms with Crippen LogP contribution in [0.2, 0.25) is 0 Å². The Labute approximate surface area is 114 Å². The van der Waals surface area contributed by atoms with E-state index >= 15 is 0 Å². The Morgan fingerprint density at radius 3 is 2.80 bits per heavy atom. The Morgan fingerprint density at radius 2 is 2.20 bits per heavy atom. The van der Waals surface area contributed by atoms with E-state index in [9.17, 15) is 13.2 Å². The van der Waals surface area contributed by atoms with Crippen molar-refractivity contribution in [2.75, 3.05) is 11.3 Å². The van der Waals surface area contributed by atoms with Crippen LogP contribution in [-0.4, -0.2) is 41.4 Å². The molecule has 0 spiro atoms. The quantitative estimate of drug-likeness (QED) is 0.686. The number of H-pyrrole nitrogens is 2. The minimum Gasteiger partial charge on any atom is -0.462 e. The first kappa shape index (κ1) is 14.1. The molecule has 0 aliphatic rings. The number of ether oxygens (including phenoxy) is 1. The van der Waals surface area contributed by atoms with Gasteiger partial charge in [0.15, 0.2) is 10.8 Å². The van der Waals surface area contributed by atoms with Gasteiger partial charge in [0.25, 0.3) is 10.0 Å². The van der Waals surface area contributed by atoms with Gasteiger partial charge in [-0.3, -0.25) is 14.9 Å². The summed E-state index contributed by atoms with van der Waals surface area (Å²) in [7, 11) is -4.00. The molecule has 2 heterocycles. The molecule has 2 aromatic rings. The van der Waals surface area contributed by atoms with E-state index in [1.54, 1.807) is 13.8 Å². The molecule has 0 bridgehead atoms. The van der Waals surface area contributed by atoms with E-state index in [0.717, 1.165) is 6.20 Å². The number of rotatable bonds is 5. The molecule has 0 amide bonds. The highest BCUT2D eigenvalue weighted by Gasteiger charge is 2.26. The molecule has 0 unspecified atom stereocenters. The molecular formula is C10H13N5O4S. The lowest BCUT2D eigenvalue weighted by atomic mass is 10.4. The second-order valence-corrected chi connectivity index (χ2v) is 5.49. The summed E-state index contributed by atoms with van der Waals surface area (Å²) in [6, 6.07) is 1.51. The van der Waals surface area contributed by atoms with E-state index in [4.69, 9.17) is 4.74 Å². The highest BCUT2D eigenvalue weighted by Crippen LogP contribution is 2.17. The second kappa shape index (κ2) is 5.33. The van der Waals surface area contributed by atoms with Gasteiger partial charge in [0, 0.05) is 11.8 Å². The minimum atomic E-state index is -4.00. The van der Waals surface area contributed by atoms with Gasteiger partial charge in [0.1, 0.15) is 5.56 Å². The number of anilines is 1. The van der Waals surface area contributed by atoms with Crippen LogP contribution in [-0.2, 0) is 14.8 Å². The second-order valence-electron chi connectivity index (χ2n) is 3.87. The average Bonchev–Trinajstić information content (AvgIpc) is 2.98. The minimum absolute atomic E-state index is 0.118. The normalized spacial score (nSPS) is 11.3. The molecule has 0 saturated heterocycles. The van der Waals surface area contributed by atoms with E-state index < -0.39 is 16.0 Å². The van der Waals surface area contributed by atoms with Crippen LogP contribution in [0.15, 0.2) is 17.3 Å². The maximum absolute atomic E-state index is 12.2. The van der Waals surface area contributed by atoms with Crippen molar-refractivity contribution in [3.8, 4) is 0 Å². The predicted molar refractivity (Wildman–Crippen MR) is 68.7 cm³/mol. The largest absolute Gasteiger partial charge is 0.462 e. The number of aryl methyl sites for hydroxylation is 1. The third kappa shape index (κ3) is 2.79. The molecule has 0 radical (unpaired) electrons. The van der Waals surface area contributed by atoms with E-state index in [2.05, 4.69) is 25.1 Å². The highest BCUT2D eigenvalue weighted by atomic mass is 32.2. The monoisotopic (exact) mass is 299 g/mol. The molecule has 0 atom stereocenters. The molecule has 0 aromatic carbocycles. The first-order valence-corrected chi connectivity index (χ1v) is 7.17. The third-order valence-corrected chi connectivity index (χ3v) is 3.64. The van der Waals surface area contributed by atoms with Crippen LogP contribution in [0.1, 0.15) is 23.0 Å². The Balaban J connectivity index is 2.30. The topological polar surface area (TPSA) is 130 Å². The molecule has 10 heteroatoms. The average molecular weight is 299 g/mol. The summed E-state index contributed by atoms with van der Waals surface area (Å²) < 4.78 is 31.3. The summed E-state index contributed by atoms with van der Waals surface area (Å²) >= 11 is 0. The lowest BCUT2D eigenvalue weighted by Gasteiger charge is -2.05. The van der Waals surface area contributed by atoms with Crippen LogP contribution in [0.25, 0.3) is 0 Å². The van der Waals surface area contributed by atoms with Crippen molar-refractivity contribution in [2.45, 2.75) is 18.9 Å². The summed E-state index contributed by atoms with van der Waals surface area (Å²) in [5.41, 5.74) is 0.532. The summed E-state index contributed by atoms with van der Waals surface area (Å²) in [6.45, 7) is 3.48. The van der Waals surface area contributed by atoms with Crippen molar-refractivity contribution in [1.82, 2.24) is 20.4 Å². The number of nitrogens with zero attached hydrogens (tertiary/aromatic N) is 2. The number of carbonyl (C=O) groups excluding carboxylic acids is 1. The molecular weight excluding hydrogens is 286 g/mol. The Kier molecular flexibility index (Phi) is 3.74. The Bertz CT molecular complexity index is 718. The SMILES string of the molecule is CCOC(=O)c1cn[nH]c1S(=O)(=O)Nc1cc(C)[nH]n1. The molecule has 2 aromatic heterocycles. The molecule has 0 fully saturated rings. The number of nitrogens with one attached hydrogen (secondary N) is 3. The third-order valence-electron chi connectivity index (χ3n) is 2.31. The van der Waals surface area contributed by atoms with Crippen molar-refractivity contribution in [3.05, 3.63) is 23.5 Å². The first-order chi connectivity index (χ1) is 9.44. The van der Waals surface area contributed by atoms with Gasteiger partial charge in [0.05, 0.1) is 12.8 Å². The van der Waals surface area contributed by atoms with E-state index in [-0.39, 0.29) is 23.0 Å². The molecule has 3 N–H and O–H groups in total. The molecule has 0 aliphatic heterocycles. The standard InChI is InChI=1S/C10H13N5O4S/c1-3-19-10(16)7-5-11-14-9(7)20(17,18)15-8-4-6(2)12-13-8/h4-5H,3H2,1-2H3,(H,11,14)(H2,12,13,15). The summed E-state index contributed by atoms with van der Waals surface area (Å²) in [5, 5.41) is 11.8. The lowest BCUT2D eigenvalue weighted by Crippen LogP contribution is -2.18. The fourth-order valence-electron chi connectivity index (χ4n) is 1.49. The molecule has 20 heavy (non-hydrogen) atoms. The van der Waals surface area contributed by atoms with Crippen molar-refractivity contribution in [2.24, 2.45) is 0 Å². The molecule has 0 saturated carbocycles. The zero-order chi connectivity index (χ0) is 14.8. The van der Waals surface area contributed by atoms with E-state index in [1.807, 2.05) is 0 Å². The number of hydrogen-bond donors (Lipinski definition) is 3. The van der Waals surface area contributed by atoms with Gasteiger partial charge in [-0.05, 0) is 13.8 Å².